The molecule has 2 unspecified atom stereocenters. The summed E-state index contributed by atoms with van der Waals surface area (Å²) in [4.78, 5) is 27.2. The number of hydrogen-bond donors (Lipinski definition) is 2. The van der Waals surface area contributed by atoms with Crippen molar-refractivity contribution in [2.24, 2.45) is 11.3 Å². The quantitative estimate of drug-likeness (QED) is 0.593. The number of thiophene rings is 1. The van der Waals surface area contributed by atoms with E-state index in [2.05, 4.69) is 31.4 Å². The molecule has 2 heterocycles. The maximum absolute atomic E-state index is 13.3. The zero-order chi connectivity index (χ0) is 24.5. The third kappa shape index (κ3) is 5.78. The van der Waals surface area contributed by atoms with E-state index in [1.165, 1.54) is 17.4 Å². The van der Waals surface area contributed by atoms with Crippen molar-refractivity contribution >= 4 is 44.1 Å². The SMILES string of the molecule is CC(C)(C)C1CCc2c(sc(NC(=O)/C=C/c3ccccc3)c2C(=O)NC2CCS(=O)(=O)C2)C1. The lowest BCUT2D eigenvalue weighted by Gasteiger charge is -2.33. The highest BCUT2D eigenvalue weighted by atomic mass is 32.2. The van der Waals surface area contributed by atoms with Crippen LogP contribution in [0.4, 0.5) is 5.00 Å². The van der Waals surface area contributed by atoms with Gasteiger partial charge in [0.2, 0.25) is 5.91 Å². The van der Waals surface area contributed by atoms with Crippen LogP contribution in [-0.2, 0) is 27.5 Å². The Morgan fingerprint density at radius 2 is 1.85 bits per heavy atom. The number of anilines is 1. The van der Waals surface area contributed by atoms with Gasteiger partial charge in [-0.15, -0.1) is 11.3 Å². The molecule has 1 aromatic carbocycles. The van der Waals surface area contributed by atoms with E-state index in [-0.39, 0.29) is 34.8 Å². The van der Waals surface area contributed by atoms with Crippen LogP contribution < -0.4 is 10.6 Å². The first-order chi connectivity index (χ1) is 16.0. The molecule has 6 nitrogen and oxygen atoms in total. The van der Waals surface area contributed by atoms with Gasteiger partial charge < -0.3 is 10.6 Å². The first-order valence-corrected chi connectivity index (χ1v) is 14.4. The first kappa shape index (κ1) is 24.7. The van der Waals surface area contributed by atoms with Gasteiger partial charge in [-0.1, -0.05) is 51.1 Å². The van der Waals surface area contributed by atoms with Crippen molar-refractivity contribution in [2.45, 2.75) is 52.5 Å². The number of sulfone groups is 1. The molecule has 2 amide bonds. The Bertz CT molecular complexity index is 1210. The maximum atomic E-state index is 13.3. The molecule has 0 radical (unpaired) electrons. The maximum Gasteiger partial charge on any atom is 0.254 e. The fraction of sp³-hybridized carbons (Fsp3) is 0.462. The van der Waals surface area contributed by atoms with Gasteiger partial charge in [0.05, 0.1) is 17.1 Å². The minimum Gasteiger partial charge on any atom is -0.348 e. The number of fused-ring (bicyclic) bond motifs is 1. The molecule has 182 valence electrons. The Morgan fingerprint density at radius 3 is 2.50 bits per heavy atom. The molecule has 2 atom stereocenters. The van der Waals surface area contributed by atoms with E-state index in [1.54, 1.807) is 6.08 Å². The van der Waals surface area contributed by atoms with Crippen LogP contribution in [0.15, 0.2) is 36.4 Å². The predicted octanol–water partition coefficient (Wildman–Crippen LogP) is 4.47. The molecule has 0 spiro atoms. The molecule has 2 N–H and O–H groups in total. The summed E-state index contributed by atoms with van der Waals surface area (Å²) in [6.45, 7) is 6.71. The lowest BCUT2D eigenvalue weighted by molar-refractivity contribution is -0.111. The minimum absolute atomic E-state index is 0.0291. The van der Waals surface area contributed by atoms with Gasteiger partial charge in [-0.3, -0.25) is 9.59 Å². The standard InChI is InChI=1S/C26H32N2O4S2/c1-26(2,3)18-10-11-20-21(15-18)33-25(28-22(29)12-9-17-7-5-4-6-8-17)23(20)24(30)27-19-13-14-34(31,32)16-19/h4-9,12,18-19H,10-11,13-16H2,1-3H3,(H,27,30)(H,28,29)/b12-9+. The van der Waals surface area contributed by atoms with Crippen molar-refractivity contribution < 1.29 is 18.0 Å². The smallest absolute Gasteiger partial charge is 0.254 e. The molecule has 1 fully saturated rings. The Labute approximate surface area is 205 Å². The van der Waals surface area contributed by atoms with Crippen molar-refractivity contribution in [1.82, 2.24) is 5.32 Å². The molecule has 0 bridgehead atoms. The van der Waals surface area contributed by atoms with E-state index in [4.69, 9.17) is 0 Å². The van der Waals surface area contributed by atoms with Gasteiger partial charge in [-0.2, -0.15) is 0 Å². The molecule has 2 aliphatic rings. The molecule has 1 aliphatic heterocycles. The second-order valence-electron chi connectivity index (χ2n) is 10.3. The van der Waals surface area contributed by atoms with Gasteiger partial charge in [0.25, 0.3) is 5.91 Å². The summed E-state index contributed by atoms with van der Waals surface area (Å²) in [6.07, 6.45) is 6.26. The average molecular weight is 501 g/mol. The third-order valence-electron chi connectivity index (χ3n) is 6.75. The van der Waals surface area contributed by atoms with Crippen LogP contribution in [0.3, 0.4) is 0 Å². The second-order valence-corrected chi connectivity index (χ2v) is 13.7. The van der Waals surface area contributed by atoms with E-state index in [0.29, 0.717) is 22.9 Å². The monoisotopic (exact) mass is 500 g/mol. The van der Waals surface area contributed by atoms with Crippen molar-refractivity contribution in [2.75, 3.05) is 16.8 Å². The molecular weight excluding hydrogens is 468 g/mol. The van der Waals surface area contributed by atoms with Crippen LogP contribution in [-0.4, -0.2) is 37.8 Å². The first-order valence-electron chi connectivity index (χ1n) is 11.7. The van der Waals surface area contributed by atoms with Gasteiger partial charge in [0, 0.05) is 17.0 Å². The van der Waals surface area contributed by atoms with E-state index in [9.17, 15) is 18.0 Å². The molecule has 1 aliphatic carbocycles. The van der Waals surface area contributed by atoms with E-state index >= 15 is 0 Å². The van der Waals surface area contributed by atoms with Crippen molar-refractivity contribution in [1.29, 1.82) is 0 Å². The lowest BCUT2D eigenvalue weighted by atomic mass is 9.72. The number of nitrogens with one attached hydrogen (secondary N) is 2. The number of carbonyl (C=O) groups excluding carboxylic acids is 2. The summed E-state index contributed by atoms with van der Waals surface area (Å²) in [5.74, 6) is -0.0287. The summed E-state index contributed by atoms with van der Waals surface area (Å²) >= 11 is 1.47. The summed E-state index contributed by atoms with van der Waals surface area (Å²) in [7, 11) is -3.10. The van der Waals surface area contributed by atoms with Gasteiger partial charge in [-0.05, 0) is 54.2 Å². The highest BCUT2D eigenvalue weighted by Gasteiger charge is 2.35. The Balaban J connectivity index is 1.59. The van der Waals surface area contributed by atoms with E-state index in [1.807, 2.05) is 30.3 Å². The zero-order valence-electron chi connectivity index (χ0n) is 19.9. The predicted molar refractivity (Wildman–Crippen MR) is 138 cm³/mol. The van der Waals surface area contributed by atoms with Crippen molar-refractivity contribution in [3.63, 3.8) is 0 Å². The number of hydrogen-bond acceptors (Lipinski definition) is 5. The number of carbonyl (C=O) groups is 2. The van der Waals surface area contributed by atoms with Crippen molar-refractivity contribution in [3.8, 4) is 0 Å². The normalized spacial score (nSPS) is 21.9. The summed E-state index contributed by atoms with van der Waals surface area (Å²) in [6, 6.07) is 9.16. The topological polar surface area (TPSA) is 92.3 Å². The number of rotatable bonds is 5. The van der Waals surface area contributed by atoms with Crippen LogP contribution in [0.25, 0.3) is 6.08 Å². The van der Waals surface area contributed by atoms with Gasteiger partial charge in [0.1, 0.15) is 5.00 Å². The Morgan fingerprint density at radius 1 is 1.12 bits per heavy atom. The Kier molecular flexibility index (Phi) is 7.01. The summed E-state index contributed by atoms with van der Waals surface area (Å²) < 4.78 is 23.7. The molecule has 34 heavy (non-hydrogen) atoms. The molecule has 1 saturated heterocycles. The third-order valence-corrected chi connectivity index (χ3v) is 9.69. The van der Waals surface area contributed by atoms with Crippen LogP contribution in [0, 0.1) is 11.3 Å². The van der Waals surface area contributed by atoms with Crippen LogP contribution in [0.2, 0.25) is 0 Å². The number of benzene rings is 1. The van der Waals surface area contributed by atoms with E-state index in [0.717, 1.165) is 35.3 Å². The molecule has 4 rings (SSSR count). The molecular formula is C26H32N2O4S2. The zero-order valence-corrected chi connectivity index (χ0v) is 21.5. The van der Waals surface area contributed by atoms with Crippen LogP contribution in [0.5, 0.6) is 0 Å². The van der Waals surface area contributed by atoms with Gasteiger partial charge in [0.15, 0.2) is 9.84 Å². The minimum atomic E-state index is -3.10. The number of amides is 2. The van der Waals surface area contributed by atoms with Gasteiger partial charge in [-0.25, -0.2) is 8.42 Å². The largest absolute Gasteiger partial charge is 0.348 e. The average Bonchev–Trinajstić information content (AvgIpc) is 3.30. The fourth-order valence-corrected chi connectivity index (χ4v) is 7.71. The molecule has 0 saturated carbocycles. The summed E-state index contributed by atoms with van der Waals surface area (Å²) in [5.41, 5.74) is 2.56. The highest BCUT2D eigenvalue weighted by Crippen LogP contribution is 2.44. The lowest BCUT2D eigenvalue weighted by Crippen LogP contribution is -2.36. The van der Waals surface area contributed by atoms with Gasteiger partial charge >= 0.3 is 0 Å². The van der Waals surface area contributed by atoms with Crippen LogP contribution in [0.1, 0.15) is 60.0 Å². The van der Waals surface area contributed by atoms with Crippen molar-refractivity contribution in [3.05, 3.63) is 58.0 Å². The van der Waals surface area contributed by atoms with E-state index < -0.39 is 9.84 Å². The molecule has 2 aromatic rings. The highest BCUT2D eigenvalue weighted by molar-refractivity contribution is 7.91. The van der Waals surface area contributed by atoms with Crippen LogP contribution >= 0.6 is 11.3 Å². The Hall–Kier alpha value is -2.45. The fourth-order valence-electron chi connectivity index (χ4n) is 4.71. The molecule has 8 heteroatoms. The second kappa shape index (κ2) is 9.66. The molecule has 1 aromatic heterocycles. The summed E-state index contributed by atoms with van der Waals surface area (Å²) in [5, 5.41) is 6.39.